The Balaban J connectivity index is 2.14. The molecule has 2 heterocycles. The molecule has 2 aromatic rings. The predicted molar refractivity (Wildman–Crippen MR) is 119 cm³/mol. The van der Waals surface area contributed by atoms with E-state index in [1.807, 2.05) is 0 Å². The van der Waals surface area contributed by atoms with E-state index in [2.05, 4.69) is 35.9 Å². The van der Waals surface area contributed by atoms with E-state index in [0.29, 0.717) is 11.4 Å². The number of aromatic nitrogens is 4. The van der Waals surface area contributed by atoms with Gasteiger partial charge in [-0.05, 0) is 13.3 Å². The van der Waals surface area contributed by atoms with Gasteiger partial charge in [0.05, 0.1) is 18.7 Å². The SMILES string of the molecule is CC(NC(=O)C(CCC(=O)O)NC(=O)C(Cc1cnc[nH]1)NC(=O)C(N)Cc1cnc[nH]1)C(=O)O. The Morgan fingerprint density at radius 2 is 1.43 bits per heavy atom. The maximum atomic E-state index is 13.1. The lowest BCUT2D eigenvalue weighted by molar-refractivity contribution is -0.142. The third-order valence-electron chi connectivity index (χ3n) is 4.95. The fourth-order valence-corrected chi connectivity index (χ4v) is 3.01. The molecule has 0 saturated carbocycles. The smallest absolute Gasteiger partial charge is 0.325 e. The van der Waals surface area contributed by atoms with Gasteiger partial charge in [-0.1, -0.05) is 0 Å². The van der Waals surface area contributed by atoms with Crippen LogP contribution in [0.2, 0.25) is 0 Å². The highest BCUT2D eigenvalue weighted by Crippen LogP contribution is 2.05. The van der Waals surface area contributed by atoms with Gasteiger partial charge in [0, 0.05) is 43.0 Å². The molecule has 4 atom stereocenters. The van der Waals surface area contributed by atoms with E-state index in [-0.39, 0.29) is 19.3 Å². The van der Waals surface area contributed by atoms with Gasteiger partial charge in [-0.3, -0.25) is 24.0 Å². The number of amides is 3. The summed E-state index contributed by atoms with van der Waals surface area (Å²) in [5.41, 5.74) is 7.06. The van der Waals surface area contributed by atoms with E-state index in [0.717, 1.165) is 0 Å². The summed E-state index contributed by atoms with van der Waals surface area (Å²) in [5.74, 6) is -4.84. The van der Waals surface area contributed by atoms with Crippen molar-refractivity contribution in [3.05, 3.63) is 36.4 Å². The minimum Gasteiger partial charge on any atom is -0.481 e. The Morgan fingerprint density at radius 3 is 1.94 bits per heavy atom. The molecule has 0 saturated heterocycles. The van der Waals surface area contributed by atoms with Crippen LogP contribution in [0.4, 0.5) is 0 Å². The molecule has 0 spiro atoms. The number of H-pyrrole nitrogens is 2. The summed E-state index contributed by atoms with van der Waals surface area (Å²) < 4.78 is 0. The van der Waals surface area contributed by atoms with Crippen LogP contribution in [0.5, 0.6) is 0 Å². The second-order valence-corrected chi connectivity index (χ2v) is 7.79. The van der Waals surface area contributed by atoms with Gasteiger partial charge in [-0.25, -0.2) is 9.97 Å². The zero-order valence-corrected chi connectivity index (χ0v) is 18.9. The largest absolute Gasteiger partial charge is 0.481 e. The van der Waals surface area contributed by atoms with Crippen molar-refractivity contribution in [2.75, 3.05) is 0 Å². The van der Waals surface area contributed by atoms with Crippen LogP contribution in [0.15, 0.2) is 25.0 Å². The lowest BCUT2D eigenvalue weighted by Gasteiger charge is -2.24. The fourth-order valence-electron chi connectivity index (χ4n) is 3.01. The van der Waals surface area contributed by atoms with Gasteiger partial charge in [0.2, 0.25) is 17.7 Å². The molecule has 0 aromatic carbocycles. The van der Waals surface area contributed by atoms with Crippen molar-refractivity contribution >= 4 is 29.7 Å². The highest BCUT2D eigenvalue weighted by Gasteiger charge is 2.30. The van der Waals surface area contributed by atoms with Crippen molar-refractivity contribution < 1.29 is 34.2 Å². The Bertz CT molecular complexity index is 1010. The highest BCUT2D eigenvalue weighted by molar-refractivity contribution is 5.94. The van der Waals surface area contributed by atoms with Gasteiger partial charge in [0.25, 0.3) is 0 Å². The summed E-state index contributed by atoms with van der Waals surface area (Å²) in [6, 6.07) is -4.85. The summed E-state index contributed by atoms with van der Waals surface area (Å²) in [6.45, 7) is 1.22. The first kappa shape index (κ1) is 27.0. The van der Waals surface area contributed by atoms with E-state index in [1.54, 1.807) is 0 Å². The van der Waals surface area contributed by atoms with E-state index in [1.165, 1.54) is 32.0 Å². The van der Waals surface area contributed by atoms with Crippen molar-refractivity contribution in [3.8, 4) is 0 Å². The molecule has 15 nitrogen and oxygen atoms in total. The van der Waals surface area contributed by atoms with Crippen molar-refractivity contribution in [3.63, 3.8) is 0 Å². The van der Waals surface area contributed by atoms with Gasteiger partial charge in [0.1, 0.15) is 18.1 Å². The summed E-state index contributed by atoms with van der Waals surface area (Å²) in [4.78, 5) is 73.7. The normalized spacial score (nSPS) is 14.2. The van der Waals surface area contributed by atoms with Crippen molar-refractivity contribution in [2.45, 2.75) is 56.8 Å². The molecule has 2 aromatic heterocycles. The van der Waals surface area contributed by atoms with Crippen molar-refractivity contribution in [1.82, 2.24) is 35.9 Å². The van der Waals surface area contributed by atoms with Crippen LogP contribution < -0.4 is 21.7 Å². The van der Waals surface area contributed by atoms with Crippen molar-refractivity contribution in [1.29, 1.82) is 0 Å². The fraction of sp³-hybridized carbons (Fsp3) is 0.450. The highest BCUT2D eigenvalue weighted by atomic mass is 16.4. The lowest BCUT2D eigenvalue weighted by Crippen LogP contribution is -2.57. The summed E-state index contributed by atoms with van der Waals surface area (Å²) in [6.07, 6.45) is 5.09. The summed E-state index contributed by atoms with van der Waals surface area (Å²) in [5, 5.41) is 25.1. The number of nitrogens with two attached hydrogens (primary N) is 1. The number of carbonyl (C=O) groups is 5. The van der Waals surface area contributed by atoms with E-state index >= 15 is 0 Å². The molecule has 190 valence electrons. The first-order chi connectivity index (χ1) is 16.6. The summed E-state index contributed by atoms with van der Waals surface area (Å²) >= 11 is 0. The van der Waals surface area contributed by atoms with Crippen LogP contribution in [-0.2, 0) is 36.8 Å². The number of hydrogen-bond acceptors (Lipinski definition) is 8. The number of carboxylic acid groups (broad SMARTS) is 2. The molecule has 4 unspecified atom stereocenters. The molecule has 0 aliphatic carbocycles. The number of rotatable bonds is 14. The van der Waals surface area contributed by atoms with Crippen LogP contribution in [0.3, 0.4) is 0 Å². The molecular weight excluding hydrogens is 464 g/mol. The van der Waals surface area contributed by atoms with Crippen molar-refractivity contribution in [2.24, 2.45) is 5.73 Å². The van der Waals surface area contributed by atoms with Crippen LogP contribution in [0, 0.1) is 0 Å². The minimum atomic E-state index is -1.36. The first-order valence-electron chi connectivity index (χ1n) is 10.6. The number of aliphatic carboxylic acids is 2. The molecule has 0 radical (unpaired) electrons. The number of carboxylic acids is 2. The Hall–Kier alpha value is -4.27. The Labute approximate surface area is 199 Å². The lowest BCUT2D eigenvalue weighted by atomic mass is 10.1. The molecule has 3 amide bonds. The first-order valence-corrected chi connectivity index (χ1v) is 10.6. The maximum absolute atomic E-state index is 13.1. The molecular formula is C20H28N8O7. The third kappa shape index (κ3) is 8.88. The second-order valence-electron chi connectivity index (χ2n) is 7.79. The molecule has 15 heteroatoms. The molecule has 2 rings (SSSR count). The molecule has 0 bridgehead atoms. The van der Waals surface area contributed by atoms with Crippen LogP contribution in [0.25, 0.3) is 0 Å². The number of hydrogen-bond donors (Lipinski definition) is 8. The molecule has 9 N–H and O–H groups in total. The van der Waals surface area contributed by atoms with Crippen LogP contribution >= 0.6 is 0 Å². The van der Waals surface area contributed by atoms with Gasteiger partial charge in [0.15, 0.2) is 0 Å². The number of carbonyl (C=O) groups excluding carboxylic acids is 3. The zero-order valence-electron chi connectivity index (χ0n) is 18.9. The Kier molecular flexibility index (Phi) is 9.89. The second kappa shape index (κ2) is 12.8. The van der Waals surface area contributed by atoms with Crippen LogP contribution in [0.1, 0.15) is 31.2 Å². The number of nitrogens with zero attached hydrogens (tertiary/aromatic N) is 2. The standard InChI is InChI=1S/C20H28N8O7/c1-10(20(34)35)26-18(32)14(2-3-16(29)30)27-19(33)15(5-12-7-23-9-25-12)28-17(31)13(21)4-11-6-22-8-24-11/h6-10,13-15H,2-5,21H2,1H3,(H,22,24)(H,23,25)(H,26,32)(H,27,33)(H,28,31)(H,29,30)(H,34,35). The zero-order chi connectivity index (χ0) is 26.0. The van der Waals surface area contributed by atoms with E-state index in [9.17, 15) is 24.0 Å². The quantitative estimate of drug-likeness (QED) is 0.140. The summed E-state index contributed by atoms with van der Waals surface area (Å²) in [7, 11) is 0. The molecule has 0 aliphatic heterocycles. The monoisotopic (exact) mass is 492 g/mol. The van der Waals surface area contributed by atoms with Gasteiger partial charge < -0.3 is 41.9 Å². The molecule has 0 aliphatic rings. The maximum Gasteiger partial charge on any atom is 0.325 e. The van der Waals surface area contributed by atoms with Gasteiger partial charge >= 0.3 is 11.9 Å². The number of aromatic amines is 2. The number of nitrogens with one attached hydrogen (secondary N) is 5. The topological polar surface area (TPSA) is 245 Å². The predicted octanol–water partition coefficient (Wildman–Crippen LogP) is -2.33. The Morgan fingerprint density at radius 1 is 0.886 bits per heavy atom. The van der Waals surface area contributed by atoms with Gasteiger partial charge in [-0.2, -0.15) is 0 Å². The van der Waals surface area contributed by atoms with E-state index in [4.69, 9.17) is 15.9 Å². The van der Waals surface area contributed by atoms with Gasteiger partial charge in [-0.15, -0.1) is 0 Å². The number of imidazole rings is 2. The molecule has 0 fully saturated rings. The average Bonchev–Trinajstić information content (AvgIpc) is 3.49. The average molecular weight is 492 g/mol. The third-order valence-corrected chi connectivity index (χ3v) is 4.95. The van der Waals surface area contributed by atoms with E-state index < -0.39 is 60.2 Å². The molecule has 35 heavy (non-hydrogen) atoms. The van der Waals surface area contributed by atoms with Crippen LogP contribution in [-0.4, -0.2) is 84.0 Å². The minimum absolute atomic E-state index is 0.0346.